The minimum Gasteiger partial charge on any atom is -0.381 e. The van der Waals surface area contributed by atoms with E-state index in [1.54, 1.807) is 30.6 Å². The Morgan fingerprint density at radius 1 is 0.648 bits per heavy atom. The minimum atomic E-state index is -0.113. The van der Waals surface area contributed by atoms with Crippen molar-refractivity contribution in [3.8, 4) is 33.4 Å². The van der Waals surface area contributed by atoms with Gasteiger partial charge in [0, 0.05) is 151 Å². The number of aromatic nitrogens is 6. The molecule has 7 heterocycles. The maximum atomic E-state index is 6.59. The molecule has 12 nitrogen and oxygen atoms in total. The number of fused-ring (bicyclic) bond motifs is 3. The van der Waals surface area contributed by atoms with E-state index in [2.05, 4.69) is 51.6 Å². The highest BCUT2D eigenvalue weighted by atomic mass is 35.5. The van der Waals surface area contributed by atoms with E-state index in [0.29, 0.717) is 55.8 Å². The number of morpholine rings is 1. The third kappa shape index (κ3) is 11.7. The van der Waals surface area contributed by atoms with Gasteiger partial charge < -0.3 is 41.0 Å². The van der Waals surface area contributed by atoms with E-state index >= 15 is 0 Å². The minimum absolute atomic E-state index is 0.0616. The molecule has 0 radical (unpaired) electrons. The van der Waals surface area contributed by atoms with E-state index in [0.717, 1.165) is 105 Å². The first kappa shape index (κ1) is 52.2. The molecule has 370 valence electrons. The Balaban J connectivity index is 0.000000147. The summed E-state index contributed by atoms with van der Waals surface area (Å²) in [4.78, 5) is 15.7. The van der Waals surface area contributed by atoms with Gasteiger partial charge in [0.1, 0.15) is 17.1 Å². The number of hydrogen-bond donors (Lipinski definition) is 4. The monoisotopic (exact) mass is 1070 g/mol. The van der Waals surface area contributed by atoms with Crippen LogP contribution in [0, 0.1) is 5.92 Å². The van der Waals surface area contributed by atoms with Gasteiger partial charge in [-0.1, -0.05) is 109 Å². The number of nitrogens with zero attached hydrogens (tertiary/aromatic N) is 7. The molecule has 1 aliphatic heterocycles. The van der Waals surface area contributed by atoms with Crippen LogP contribution in [0.15, 0.2) is 116 Å². The van der Waals surface area contributed by atoms with Crippen LogP contribution in [0.3, 0.4) is 0 Å². The van der Waals surface area contributed by atoms with Crippen molar-refractivity contribution in [3.63, 3.8) is 0 Å². The summed E-state index contributed by atoms with van der Waals surface area (Å²) >= 11 is 37.4. The first-order valence-electron chi connectivity index (χ1n) is 23.3. The molecule has 18 heteroatoms. The summed E-state index contributed by atoms with van der Waals surface area (Å²) in [5, 5.41) is 7.25. The molecule has 0 bridgehead atoms. The molecule has 2 unspecified atom stereocenters. The first-order chi connectivity index (χ1) is 34.1. The van der Waals surface area contributed by atoms with Crippen LogP contribution in [0.1, 0.15) is 62.9 Å². The van der Waals surface area contributed by atoms with Crippen LogP contribution in [0.4, 0.5) is 11.5 Å². The second-order valence-corrected chi connectivity index (χ2v) is 20.2. The number of nitrogens with one attached hydrogen (secondary N) is 1. The van der Waals surface area contributed by atoms with Crippen LogP contribution in [0.25, 0.3) is 50.3 Å². The fraction of sp³-hybridized carbons (Fsp3) is 0.264. The Bertz CT molecular complexity index is 3310. The van der Waals surface area contributed by atoms with Gasteiger partial charge in [-0.3, -0.25) is 4.40 Å². The predicted octanol–water partition coefficient (Wildman–Crippen LogP) is 13.7. The smallest absolute Gasteiger partial charge is 0.162 e. The maximum Gasteiger partial charge on any atom is 0.162 e. The van der Waals surface area contributed by atoms with Crippen molar-refractivity contribution < 1.29 is 4.74 Å². The molecule has 1 fully saturated rings. The zero-order valence-corrected chi connectivity index (χ0v) is 44.2. The van der Waals surface area contributed by atoms with E-state index in [9.17, 15) is 0 Å². The highest BCUT2D eigenvalue weighted by molar-refractivity contribution is 6.37. The van der Waals surface area contributed by atoms with Crippen molar-refractivity contribution >= 4 is 98.1 Å². The molecule has 3 aromatic carbocycles. The Morgan fingerprint density at radius 3 is 1.63 bits per heavy atom. The van der Waals surface area contributed by atoms with Gasteiger partial charge in [-0.2, -0.15) is 0 Å². The van der Waals surface area contributed by atoms with E-state index in [4.69, 9.17) is 96.5 Å². The van der Waals surface area contributed by atoms with Crippen molar-refractivity contribution in [2.75, 3.05) is 43.1 Å². The summed E-state index contributed by atoms with van der Waals surface area (Å²) in [6.07, 6.45) is 16.2. The van der Waals surface area contributed by atoms with Crippen LogP contribution < -0.4 is 27.4 Å². The maximum absolute atomic E-state index is 6.59. The zero-order chi connectivity index (χ0) is 50.5. The SMILES string of the molecule is CC(C)CNc1c(CN)c(-c2ccc(Cl)cc2Cl)cn2c(N3CCOCC3)cnc12.CC(N)c1cc2nccn2cc1-c1ccc(Cl)cc1Cl.CCC(N)c1cc2nccn2cc1-c1ccc(Cl)cc1Cl. The summed E-state index contributed by atoms with van der Waals surface area (Å²) in [5.74, 6) is 1.52. The number of anilines is 2. The molecule has 7 N–H and O–H groups in total. The number of ether oxygens (including phenoxy) is 1. The normalized spacial score (nSPS) is 13.6. The van der Waals surface area contributed by atoms with Crippen molar-refractivity contribution in [1.82, 2.24) is 28.2 Å². The highest BCUT2D eigenvalue weighted by Gasteiger charge is 2.23. The average molecular weight is 1070 g/mol. The van der Waals surface area contributed by atoms with Gasteiger partial charge in [0.25, 0.3) is 0 Å². The fourth-order valence-corrected chi connectivity index (χ4v) is 10.1. The molecule has 10 rings (SSSR count). The van der Waals surface area contributed by atoms with Gasteiger partial charge in [-0.25, -0.2) is 15.0 Å². The topological polar surface area (TPSA) is 154 Å². The summed E-state index contributed by atoms with van der Waals surface area (Å²) in [6, 6.07) is 20.4. The van der Waals surface area contributed by atoms with Crippen molar-refractivity contribution in [2.45, 2.75) is 52.7 Å². The standard InChI is InChI=1S/C22H27Cl2N5O.C16H15Cl2N3.C15H13Cl2N3/c1-14(2)11-26-21-17(10-25)18(16-4-3-15(23)9-19(16)24)13-29-20(12-27-22(21)29)28-5-7-30-8-6-28;1-2-15(19)12-8-16-20-5-6-21(16)9-13(12)11-4-3-10(17)7-14(11)18;1-9(18)12-7-15-19-4-5-20(15)8-13(12)11-3-2-10(16)6-14(11)17/h3-4,9,12-14,26H,5-8,10-11,25H2,1-2H3;3-9,15H,2,19H2,1H3;2-9H,18H2,1H3. The second kappa shape index (κ2) is 23.2. The number of halogens is 6. The largest absolute Gasteiger partial charge is 0.381 e. The summed E-state index contributed by atoms with van der Waals surface area (Å²) in [6.45, 7) is 12.6. The molecule has 6 aromatic heterocycles. The number of rotatable bonds is 11. The Labute approximate surface area is 443 Å². The number of pyridine rings is 3. The first-order valence-corrected chi connectivity index (χ1v) is 25.5. The molecular formula is C53H55Cl6N11O. The van der Waals surface area contributed by atoms with Crippen LogP contribution in [-0.2, 0) is 11.3 Å². The lowest BCUT2D eigenvalue weighted by Crippen LogP contribution is -2.36. The molecule has 9 aromatic rings. The van der Waals surface area contributed by atoms with Gasteiger partial charge in [0.15, 0.2) is 5.65 Å². The lowest BCUT2D eigenvalue weighted by atomic mass is 9.96. The van der Waals surface area contributed by atoms with Crippen LogP contribution in [0.5, 0.6) is 0 Å². The van der Waals surface area contributed by atoms with Crippen LogP contribution >= 0.6 is 69.6 Å². The van der Waals surface area contributed by atoms with Gasteiger partial charge in [-0.05, 0) is 78.9 Å². The van der Waals surface area contributed by atoms with E-state index in [1.807, 2.05) is 95.2 Å². The molecule has 1 saturated heterocycles. The molecule has 1 aliphatic rings. The number of benzene rings is 3. The quantitative estimate of drug-likeness (QED) is 0.0991. The van der Waals surface area contributed by atoms with Gasteiger partial charge >= 0.3 is 0 Å². The summed E-state index contributed by atoms with van der Waals surface area (Å²) in [5.41, 5.74) is 30.9. The van der Waals surface area contributed by atoms with Crippen LogP contribution in [0.2, 0.25) is 30.1 Å². The average Bonchev–Trinajstić information content (AvgIpc) is 4.13. The van der Waals surface area contributed by atoms with Gasteiger partial charge in [-0.15, -0.1) is 0 Å². The lowest BCUT2D eigenvalue weighted by molar-refractivity contribution is 0.122. The molecule has 2 atom stereocenters. The van der Waals surface area contributed by atoms with Crippen molar-refractivity contribution in [2.24, 2.45) is 23.1 Å². The predicted molar refractivity (Wildman–Crippen MR) is 296 cm³/mol. The zero-order valence-electron chi connectivity index (χ0n) is 39.7. The molecule has 0 spiro atoms. The lowest BCUT2D eigenvalue weighted by Gasteiger charge is -2.28. The van der Waals surface area contributed by atoms with Gasteiger partial charge in [0.05, 0.1) is 25.1 Å². The fourth-order valence-electron chi connectivity index (χ4n) is 8.53. The van der Waals surface area contributed by atoms with Crippen molar-refractivity contribution in [1.29, 1.82) is 0 Å². The molecule has 0 saturated carbocycles. The molecule has 71 heavy (non-hydrogen) atoms. The third-order valence-corrected chi connectivity index (χ3v) is 13.9. The Morgan fingerprint density at radius 2 is 1.15 bits per heavy atom. The summed E-state index contributed by atoms with van der Waals surface area (Å²) < 4.78 is 11.6. The number of imidazole rings is 3. The molecular weight excluding hydrogens is 1020 g/mol. The third-order valence-electron chi connectivity index (χ3n) is 12.2. The molecule has 0 amide bonds. The van der Waals surface area contributed by atoms with Gasteiger partial charge in [0.2, 0.25) is 0 Å². The molecule has 0 aliphatic carbocycles. The van der Waals surface area contributed by atoms with E-state index < -0.39 is 0 Å². The Kier molecular flexibility index (Phi) is 17.1. The second-order valence-electron chi connectivity index (χ2n) is 17.6. The Hall–Kier alpha value is -5.09. The van der Waals surface area contributed by atoms with Crippen LogP contribution in [-0.4, -0.2) is 61.0 Å². The highest BCUT2D eigenvalue weighted by Crippen LogP contribution is 2.40. The number of nitrogens with two attached hydrogens (primary N) is 3. The van der Waals surface area contributed by atoms with E-state index in [1.165, 1.54) is 0 Å². The van der Waals surface area contributed by atoms with Crippen molar-refractivity contribution in [3.05, 3.63) is 163 Å². The van der Waals surface area contributed by atoms with E-state index in [-0.39, 0.29) is 12.1 Å². The number of hydrogen-bond acceptors (Lipinski definition) is 9. The summed E-state index contributed by atoms with van der Waals surface area (Å²) in [7, 11) is 0.